The minimum Gasteiger partial charge on any atom is -0.392 e. The van der Waals surface area contributed by atoms with Crippen LogP contribution < -0.4 is 0 Å². The van der Waals surface area contributed by atoms with Crippen LogP contribution in [0, 0.1) is 0 Å². The number of aliphatic hydroxyl groups excluding tert-OH is 1. The van der Waals surface area contributed by atoms with E-state index in [-0.39, 0.29) is 6.10 Å². The predicted octanol–water partition coefficient (Wildman–Crippen LogP) is 5.93. The standard InChI is InChI=1S/C14H30OS3/c1-3-5-6-7-8-9-10-11-12-16-18-17-13-14(15)4-2/h14-15H,3-13H2,1-2H3. The van der Waals surface area contributed by atoms with Crippen LogP contribution in [0.4, 0.5) is 0 Å². The Bertz CT molecular complexity index is 156. The lowest BCUT2D eigenvalue weighted by molar-refractivity contribution is 0.195. The molecule has 4 heteroatoms. The molecule has 1 unspecified atom stereocenters. The van der Waals surface area contributed by atoms with Crippen LogP contribution in [0.1, 0.15) is 71.6 Å². The fraction of sp³-hybridized carbons (Fsp3) is 1.00. The first-order valence-corrected chi connectivity index (χ1v) is 11.2. The van der Waals surface area contributed by atoms with Crippen LogP contribution in [0.2, 0.25) is 0 Å². The molecule has 0 rings (SSSR count). The predicted molar refractivity (Wildman–Crippen MR) is 91.4 cm³/mol. The highest BCUT2D eigenvalue weighted by Gasteiger charge is 2.00. The average molecular weight is 311 g/mol. The summed E-state index contributed by atoms with van der Waals surface area (Å²) in [6.07, 6.45) is 11.9. The van der Waals surface area contributed by atoms with Crippen LogP contribution in [0.5, 0.6) is 0 Å². The lowest BCUT2D eigenvalue weighted by Gasteiger charge is -2.05. The van der Waals surface area contributed by atoms with Crippen molar-refractivity contribution in [2.75, 3.05) is 11.5 Å². The molecule has 110 valence electrons. The van der Waals surface area contributed by atoms with Crippen LogP contribution >= 0.6 is 31.4 Å². The zero-order chi connectivity index (χ0) is 13.5. The van der Waals surface area contributed by atoms with Gasteiger partial charge < -0.3 is 5.11 Å². The zero-order valence-corrected chi connectivity index (χ0v) is 14.5. The van der Waals surface area contributed by atoms with Gasteiger partial charge in [0.15, 0.2) is 0 Å². The third kappa shape index (κ3) is 15.1. The Hall–Kier alpha value is 1.01. The summed E-state index contributed by atoms with van der Waals surface area (Å²) < 4.78 is 0. The molecule has 18 heavy (non-hydrogen) atoms. The van der Waals surface area contributed by atoms with E-state index in [0.29, 0.717) is 0 Å². The molecule has 0 saturated heterocycles. The van der Waals surface area contributed by atoms with Crippen molar-refractivity contribution in [3.63, 3.8) is 0 Å². The van der Waals surface area contributed by atoms with Crippen LogP contribution in [-0.4, -0.2) is 22.7 Å². The topological polar surface area (TPSA) is 20.2 Å². The third-order valence-corrected chi connectivity index (χ3v) is 7.30. The number of hydrogen-bond donors (Lipinski definition) is 1. The van der Waals surface area contributed by atoms with Crippen molar-refractivity contribution in [3.8, 4) is 0 Å². The van der Waals surface area contributed by atoms with Gasteiger partial charge in [0.05, 0.1) is 6.10 Å². The SMILES string of the molecule is CCCCCCCCCCSSSCC(O)CC. The maximum absolute atomic E-state index is 9.38. The second-order valence-electron chi connectivity index (χ2n) is 4.71. The van der Waals surface area contributed by atoms with E-state index < -0.39 is 0 Å². The molecule has 0 aromatic carbocycles. The average Bonchev–Trinajstić information content (AvgIpc) is 2.39. The highest BCUT2D eigenvalue weighted by molar-refractivity contribution is 9.09. The summed E-state index contributed by atoms with van der Waals surface area (Å²) in [6, 6.07) is 0. The number of unbranched alkanes of at least 4 members (excludes halogenated alkanes) is 7. The van der Waals surface area contributed by atoms with Gasteiger partial charge in [0, 0.05) is 11.5 Å². The maximum Gasteiger partial charge on any atom is 0.0636 e. The van der Waals surface area contributed by atoms with Gasteiger partial charge >= 0.3 is 0 Å². The zero-order valence-electron chi connectivity index (χ0n) is 12.0. The molecule has 1 atom stereocenters. The van der Waals surface area contributed by atoms with Crippen molar-refractivity contribution in [3.05, 3.63) is 0 Å². The summed E-state index contributed by atoms with van der Waals surface area (Å²) in [5, 5.41) is 9.38. The molecule has 1 nitrogen and oxygen atoms in total. The summed E-state index contributed by atoms with van der Waals surface area (Å²) in [4.78, 5) is 0. The monoisotopic (exact) mass is 310 g/mol. The molecule has 0 heterocycles. The molecule has 0 spiro atoms. The molecule has 0 fully saturated rings. The maximum atomic E-state index is 9.38. The molecule has 0 aromatic rings. The van der Waals surface area contributed by atoms with E-state index in [1.807, 2.05) is 27.5 Å². The van der Waals surface area contributed by atoms with E-state index in [1.54, 1.807) is 10.8 Å². The summed E-state index contributed by atoms with van der Waals surface area (Å²) in [5.41, 5.74) is 0. The Kier molecular flexibility index (Phi) is 17.0. The first-order chi connectivity index (χ1) is 8.81. The van der Waals surface area contributed by atoms with Gasteiger partial charge in [-0.1, -0.05) is 80.4 Å². The van der Waals surface area contributed by atoms with E-state index in [0.717, 1.165) is 12.2 Å². The summed E-state index contributed by atoms with van der Waals surface area (Å²) >= 11 is 0. The van der Waals surface area contributed by atoms with Crippen LogP contribution in [-0.2, 0) is 0 Å². The molecule has 1 N–H and O–H groups in total. The fourth-order valence-electron chi connectivity index (χ4n) is 1.59. The summed E-state index contributed by atoms with van der Waals surface area (Å²) in [7, 11) is 5.58. The molecule has 0 aromatic heterocycles. The Labute approximate surface area is 125 Å². The Morgan fingerprint density at radius 2 is 1.44 bits per heavy atom. The normalized spacial score (nSPS) is 12.8. The Balaban J connectivity index is 2.94. The molecule has 0 saturated carbocycles. The number of rotatable bonds is 14. The van der Waals surface area contributed by atoms with Crippen molar-refractivity contribution in [2.45, 2.75) is 77.7 Å². The molecule has 0 bridgehead atoms. The molecule has 0 amide bonds. The minimum absolute atomic E-state index is 0.119. The highest BCUT2D eigenvalue weighted by Crippen LogP contribution is 2.35. The second kappa shape index (κ2) is 16.1. The largest absolute Gasteiger partial charge is 0.392 e. The fourth-order valence-corrected chi connectivity index (χ4v) is 5.62. The molecular formula is C14H30OS3. The molecule has 0 aliphatic heterocycles. The highest BCUT2D eigenvalue weighted by atomic mass is 33.5. The van der Waals surface area contributed by atoms with Crippen LogP contribution in [0.3, 0.4) is 0 Å². The van der Waals surface area contributed by atoms with Gasteiger partial charge in [0.25, 0.3) is 0 Å². The molecular weight excluding hydrogens is 280 g/mol. The Morgan fingerprint density at radius 3 is 2.06 bits per heavy atom. The van der Waals surface area contributed by atoms with Crippen molar-refractivity contribution < 1.29 is 5.11 Å². The van der Waals surface area contributed by atoms with Gasteiger partial charge in [0.2, 0.25) is 0 Å². The second-order valence-corrected chi connectivity index (χ2v) is 9.11. The van der Waals surface area contributed by atoms with E-state index in [4.69, 9.17) is 0 Å². The lowest BCUT2D eigenvalue weighted by Crippen LogP contribution is -2.05. The van der Waals surface area contributed by atoms with Gasteiger partial charge in [-0.2, -0.15) is 0 Å². The minimum atomic E-state index is -0.119. The first kappa shape index (κ1) is 19.0. The Morgan fingerprint density at radius 1 is 0.833 bits per heavy atom. The van der Waals surface area contributed by atoms with E-state index in [9.17, 15) is 5.11 Å². The smallest absolute Gasteiger partial charge is 0.0636 e. The van der Waals surface area contributed by atoms with Crippen LogP contribution in [0.15, 0.2) is 0 Å². The van der Waals surface area contributed by atoms with Gasteiger partial charge in [0.1, 0.15) is 0 Å². The molecule has 0 aliphatic rings. The summed E-state index contributed by atoms with van der Waals surface area (Å²) in [5.74, 6) is 2.13. The van der Waals surface area contributed by atoms with E-state index in [1.165, 1.54) is 57.1 Å². The summed E-state index contributed by atoms with van der Waals surface area (Å²) in [6.45, 7) is 4.30. The van der Waals surface area contributed by atoms with Gasteiger partial charge in [-0.15, -0.1) is 0 Å². The van der Waals surface area contributed by atoms with Gasteiger partial charge in [-0.05, 0) is 22.7 Å². The van der Waals surface area contributed by atoms with Crippen molar-refractivity contribution in [1.82, 2.24) is 0 Å². The molecule has 0 aliphatic carbocycles. The molecule has 0 radical (unpaired) electrons. The van der Waals surface area contributed by atoms with Crippen LogP contribution in [0.25, 0.3) is 0 Å². The first-order valence-electron chi connectivity index (χ1n) is 7.40. The van der Waals surface area contributed by atoms with E-state index >= 15 is 0 Å². The third-order valence-electron chi connectivity index (χ3n) is 2.91. The quantitative estimate of drug-likeness (QED) is 0.317. The number of aliphatic hydroxyl groups is 1. The van der Waals surface area contributed by atoms with Gasteiger partial charge in [-0.3, -0.25) is 0 Å². The van der Waals surface area contributed by atoms with E-state index in [2.05, 4.69) is 6.92 Å². The number of hydrogen-bond acceptors (Lipinski definition) is 4. The van der Waals surface area contributed by atoms with Crippen molar-refractivity contribution in [2.24, 2.45) is 0 Å². The van der Waals surface area contributed by atoms with Crippen molar-refractivity contribution >= 4 is 31.4 Å². The van der Waals surface area contributed by atoms with Gasteiger partial charge in [-0.25, -0.2) is 0 Å². The lowest BCUT2D eigenvalue weighted by atomic mass is 10.1. The van der Waals surface area contributed by atoms with Crippen molar-refractivity contribution in [1.29, 1.82) is 0 Å².